The van der Waals surface area contributed by atoms with E-state index >= 15 is 0 Å². The van der Waals surface area contributed by atoms with Gasteiger partial charge in [-0.1, -0.05) is 36.8 Å². The van der Waals surface area contributed by atoms with Crippen LogP contribution in [-0.2, 0) is 16.1 Å². The van der Waals surface area contributed by atoms with E-state index in [1.807, 2.05) is 6.92 Å². The fourth-order valence-corrected chi connectivity index (χ4v) is 4.19. The van der Waals surface area contributed by atoms with Gasteiger partial charge in [0.15, 0.2) is 0 Å². The van der Waals surface area contributed by atoms with Crippen LogP contribution in [0.5, 0.6) is 0 Å². The van der Waals surface area contributed by atoms with Gasteiger partial charge in [0, 0.05) is 64.4 Å². The Balaban J connectivity index is 1.57. The zero-order chi connectivity index (χ0) is 18.4. The third kappa shape index (κ3) is 4.84. The van der Waals surface area contributed by atoms with E-state index in [1.54, 1.807) is 0 Å². The molecule has 144 valence electrons. The molecule has 1 N–H and O–H groups in total. The van der Waals surface area contributed by atoms with Crippen molar-refractivity contribution in [3.63, 3.8) is 0 Å². The number of amides is 1. The van der Waals surface area contributed by atoms with Crippen LogP contribution in [0.4, 0.5) is 0 Å². The van der Waals surface area contributed by atoms with Crippen LogP contribution in [0.25, 0.3) is 0 Å². The highest BCUT2D eigenvalue weighted by Gasteiger charge is 2.39. The Hall–Kier alpha value is -1.43. The van der Waals surface area contributed by atoms with E-state index in [-0.39, 0.29) is 11.4 Å². The molecule has 0 radical (unpaired) electrons. The zero-order valence-electron chi connectivity index (χ0n) is 16.3. The second kappa shape index (κ2) is 8.98. The summed E-state index contributed by atoms with van der Waals surface area (Å²) in [5.41, 5.74) is 2.79. The number of carbonyl (C=O) groups excluding carboxylic acids is 1. The lowest BCUT2D eigenvalue weighted by Gasteiger charge is -2.49. The van der Waals surface area contributed by atoms with Crippen molar-refractivity contribution in [3.8, 4) is 0 Å². The molecule has 3 rings (SSSR count). The van der Waals surface area contributed by atoms with Gasteiger partial charge in [0.25, 0.3) is 0 Å². The highest BCUT2D eigenvalue weighted by molar-refractivity contribution is 5.75. The lowest BCUT2D eigenvalue weighted by molar-refractivity contribution is -0.122. The van der Waals surface area contributed by atoms with Crippen molar-refractivity contribution in [2.45, 2.75) is 45.2 Å². The summed E-state index contributed by atoms with van der Waals surface area (Å²) >= 11 is 0. The maximum Gasteiger partial charge on any atom is 0.219 e. The van der Waals surface area contributed by atoms with E-state index in [0.29, 0.717) is 6.42 Å². The molecule has 0 unspecified atom stereocenters. The second-order valence-electron chi connectivity index (χ2n) is 7.72. The first-order valence-corrected chi connectivity index (χ1v) is 9.99. The topological polar surface area (TPSA) is 44.8 Å². The van der Waals surface area contributed by atoms with Crippen LogP contribution >= 0.6 is 0 Å². The fraction of sp³-hybridized carbons (Fsp3) is 0.667. The molecule has 1 aromatic carbocycles. The van der Waals surface area contributed by atoms with Crippen LogP contribution < -0.4 is 5.32 Å². The van der Waals surface area contributed by atoms with Crippen LogP contribution in [-0.4, -0.2) is 67.2 Å². The Bertz CT molecular complexity index is 591. The summed E-state index contributed by atoms with van der Waals surface area (Å²) in [4.78, 5) is 16.9. The first-order valence-electron chi connectivity index (χ1n) is 9.99. The van der Waals surface area contributed by atoms with E-state index in [1.165, 1.54) is 11.1 Å². The van der Waals surface area contributed by atoms with Crippen LogP contribution in [0, 0.1) is 6.92 Å². The largest absolute Gasteiger partial charge is 0.381 e. The first-order chi connectivity index (χ1) is 12.6. The van der Waals surface area contributed by atoms with Crippen molar-refractivity contribution in [1.82, 2.24) is 15.1 Å². The lowest BCUT2D eigenvalue weighted by atomic mass is 9.87. The summed E-state index contributed by atoms with van der Waals surface area (Å²) in [6, 6.07) is 8.81. The zero-order valence-corrected chi connectivity index (χ0v) is 16.3. The molecule has 0 aromatic heterocycles. The van der Waals surface area contributed by atoms with Gasteiger partial charge >= 0.3 is 0 Å². The Morgan fingerprint density at radius 1 is 1.19 bits per heavy atom. The van der Waals surface area contributed by atoms with E-state index < -0.39 is 0 Å². The average molecular weight is 360 g/mol. The van der Waals surface area contributed by atoms with E-state index in [4.69, 9.17) is 4.74 Å². The number of hydrogen-bond donors (Lipinski definition) is 1. The van der Waals surface area contributed by atoms with Crippen molar-refractivity contribution in [3.05, 3.63) is 35.4 Å². The second-order valence-corrected chi connectivity index (χ2v) is 7.72. The van der Waals surface area contributed by atoms with E-state index in [0.717, 1.165) is 65.3 Å². The van der Waals surface area contributed by atoms with Crippen LogP contribution in [0.15, 0.2) is 24.3 Å². The normalized spacial score (nSPS) is 21.5. The van der Waals surface area contributed by atoms with Crippen LogP contribution in [0.3, 0.4) is 0 Å². The minimum atomic E-state index is 0.0680. The number of aryl methyl sites for hydroxylation is 1. The van der Waals surface area contributed by atoms with Crippen molar-refractivity contribution in [2.75, 3.05) is 45.9 Å². The van der Waals surface area contributed by atoms with Crippen LogP contribution in [0.1, 0.15) is 37.3 Å². The lowest BCUT2D eigenvalue weighted by Crippen LogP contribution is -2.62. The number of benzene rings is 1. The number of rotatable bonds is 6. The van der Waals surface area contributed by atoms with E-state index in [2.05, 4.69) is 46.3 Å². The maximum atomic E-state index is 11.8. The Labute approximate surface area is 157 Å². The number of nitrogens with one attached hydrogen (secondary N) is 1. The molecule has 2 aliphatic rings. The average Bonchev–Trinajstić information content (AvgIpc) is 2.67. The highest BCUT2D eigenvalue weighted by atomic mass is 16.5. The molecule has 0 spiro atoms. The summed E-state index contributed by atoms with van der Waals surface area (Å²) in [6.45, 7) is 11.7. The molecule has 0 atom stereocenters. The number of ether oxygens (including phenoxy) is 1. The summed E-state index contributed by atoms with van der Waals surface area (Å²) in [5.74, 6) is 0.147. The van der Waals surface area contributed by atoms with Crippen molar-refractivity contribution >= 4 is 5.91 Å². The molecule has 26 heavy (non-hydrogen) atoms. The minimum absolute atomic E-state index is 0.0680. The monoisotopic (exact) mass is 359 g/mol. The van der Waals surface area contributed by atoms with Crippen molar-refractivity contribution in [1.29, 1.82) is 0 Å². The third-order valence-electron chi connectivity index (χ3n) is 5.89. The molecule has 1 aromatic rings. The molecule has 2 heterocycles. The molecule has 2 fully saturated rings. The first kappa shape index (κ1) is 19.3. The molecule has 5 nitrogen and oxygen atoms in total. The summed E-state index contributed by atoms with van der Waals surface area (Å²) in [6.07, 6.45) is 2.57. The number of nitrogens with zero attached hydrogens (tertiary/aromatic N) is 2. The van der Waals surface area contributed by atoms with Gasteiger partial charge in [-0.25, -0.2) is 0 Å². The number of hydrogen-bond acceptors (Lipinski definition) is 4. The Morgan fingerprint density at radius 3 is 2.58 bits per heavy atom. The minimum Gasteiger partial charge on any atom is -0.381 e. The van der Waals surface area contributed by atoms with Gasteiger partial charge in [-0.2, -0.15) is 0 Å². The quantitative estimate of drug-likeness (QED) is 0.846. The predicted molar refractivity (Wildman–Crippen MR) is 104 cm³/mol. The molecule has 0 aliphatic carbocycles. The SMILES string of the molecule is CCC(=O)NCC1(N2CCN(Cc3cccc(C)c3)CC2)CCOCC1. The summed E-state index contributed by atoms with van der Waals surface area (Å²) < 4.78 is 5.61. The summed E-state index contributed by atoms with van der Waals surface area (Å²) in [7, 11) is 0. The maximum absolute atomic E-state index is 11.8. The van der Waals surface area contributed by atoms with Gasteiger partial charge in [0.2, 0.25) is 5.91 Å². The van der Waals surface area contributed by atoms with Crippen LogP contribution in [0.2, 0.25) is 0 Å². The van der Waals surface area contributed by atoms with Gasteiger partial charge in [0.05, 0.1) is 0 Å². The standard InChI is InChI=1S/C21H33N3O2/c1-3-20(25)22-17-21(7-13-26-14-8-21)24-11-9-23(10-12-24)16-19-6-4-5-18(2)15-19/h4-6,15H,3,7-14,16-17H2,1-2H3,(H,22,25). The number of carbonyl (C=O) groups is 1. The molecule has 0 bridgehead atoms. The van der Waals surface area contributed by atoms with Crippen molar-refractivity contribution < 1.29 is 9.53 Å². The fourth-order valence-electron chi connectivity index (χ4n) is 4.19. The van der Waals surface area contributed by atoms with Crippen molar-refractivity contribution in [2.24, 2.45) is 0 Å². The highest BCUT2D eigenvalue weighted by Crippen LogP contribution is 2.29. The van der Waals surface area contributed by atoms with Gasteiger partial charge in [0.1, 0.15) is 0 Å². The Morgan fingerprint density at radius 2 is 1.92 bits per heavy atom. The molecular formula is C21H33N3O2. The third-order valence-corrected chi connectivity index (χ3v) is 5.89. The van der Waals surface area contributed by atoms with E-state index in [9.17, 15) is 4.79 Å². The molecular weight excluding hydrogens is 326 g/mol. The predicted octanol–water partition coefficient (Wildman–Crippen LogP) is 2.19. The Kier molecular flexibility index (Phi) is 6.68. The molecule has 2 saturated heterocycles. The molecule has 5 heteroatoms. The molecule has 2 aliphatic heterocycles. The number of piperazine rings is 1. The molecule has 1 amide bonds. The van der Waals surface area contributed by atoms with Gasteiger partial charge in [-0.3, -0.25) is 14.6 Å². The summed E-state index contributed by atoms with van der Waals surface area (Å²) in [5, 5.41) is 3.15. The molecule has 0 saturated carbocycles. The van der Waals surface area contributed by atoms with Gasteiger partial charge in [-0.15, -0.1) is 0 Å². The van der Waals surface area contributed by atoms with Gasteiger partial charge < -0.3 is 10.1 Å². The smallest absolute Gasteiger partial charge is 0.219 e. The van der Waals surface area contributed by atoms with Gasteiger partial charge in [-0.05, 0) is 25.3 Å².